The maximum absolute atomic E-state index is 6.10. The predicted molar refractivity (Wildman–Crippen MR) is 112 cm³/mol. The molecule has 1 unspecified atom stereocenters. The second-order valence-electron chi connectivity index (χ2n) is 6.58. The molecule has 1 fully saturated rings. The van der Waals surface area contributed by atoms with E-state index in [1.807, 2.05) is 11.8 Å². The third kappa shape index (κ3) is 4.33. The first-order valence-electron chi connectivity index (χ1n) is 8.03. The Labute approximate surface area is 160 Å². The molecular formula is C17H27IN4S. The highest BCUT2D eigenvalue weighted by atomic mass is 127. The molecule has 128 valence electrons. The molecule has 1 aromatic rings. The Balaban J connectivity index is 0.00000192. The summed E-state index contributed by atoms with van der Waals surface area (Å²) in [6.07, 6.45) is 4.84. The zero-order valence-electron chi connectivity index (χ0n) is 14.0. The number of hydrogen-bond donors (Lipinski definition) is 2. The SMILES string of the molecule is CN(C)C1(CN=C(N)Nc2ccc3c(c2)CCC3)CCSC1.I. The minimum atomic E-state index is 0. The number of anilines is 1. The van der Waals surface area contributed by atoms with E-state index in [2.05, 4.69) is 47.5 Å². The van der Waals surface area contributed by atoms with E-state index in [1.165, 1.54) is 42.6 Å². The number of guanidine groups is 1. The van der Waals surface area contributed by atoms with Gasteiger partial charge < -0.3 is 16.0 Å². The number of nitrogens with zero attached hydrogens (tertiary/aromatic N) is 2. The number of thioether (sulfide) groups is 1. The van der Waals surface area contributed by atoms with Crippen LogP contribution >= 0.6 is 35.7 Å². The average molecular weight is 446 g/mol. The smallest absolute Gasteiger partial charge is 0.193 e. The Hall–Kier alpha value is -0.470. The van der Waals surface area contributed by atoms with Crippen molar-refractivity contribution in [3.05, 3.63) is 29.3 Å². The van der Waals surface area contributed by atoms with Gasteiger partial charge >= 0.3 is 0 Å². The highest BCUT2D eigenvalue weighted by Crippen LogP contribution is 2.32. The summed E-state index contributed by atoms with van der Waals surface area (Å²) in [7, 11) is 4.29. The normalized spacial score (nSPS) is 23.7. The number of aliphatic imine (C=N–C) groups is 1. The number of nitrogens with one attached hydrogen (secondary N) is 1. The second kappa shape index (κ2) is 8.07. The summed E-state index contributed by atoms with van der Waals surface area (Å²) in [6.45, 7) is 0.761. The van der Waals surface area contributed by atoms with Gasteiger partial charge in [-0.25, -0.2) is 0 Å². The molecule has 0 bridgehead atoms. The molecule has 6 heteroatoms. The number of aryl methyl sites for hydroxylation is 2. The van der Waals surface area contributed by atoms with E-state index >= 15 is 0 Å². The fraction of sp³-hybridized carbons (Fsp3) is 0.588. The van der Waals surface area contributed by atoms with Gasteiger partial charge in [0, 0.05) is 17.0 Å². The van der Waals surface area contributed by atoms with E-state index in [0.717, 1.165) is 18.0 Å². The topological polar surface area (TPSA) is 53.6 Å². The second-order valence-corrected chi connectivity index (χ2v) is 7.69. The first-order chi connectivity index (χ1) is 10.6. The van der Waals surface area contributed by atoms with Crippen LogP contribution in [0.2, 0.25) is 0 Å². The van der Waals surface area contributed by atoms with Gasteiger partial charge in [0.1, 0.15) is 0 Å². The zero-order valence-corrected chi connectivity index (χ0v) is 17.1. The van der Waals surface area contributed by atoms with Gasteiger partial charge in [-0.3, -0.25) is 4.99 Å². The minimum Gasteiger partial charge on any atom is -0.370 e. The van der Waals surface area contributed by atoms with Gasteiger partial charge in [-0.1, -0.05) is 6.07 Å². The van der Waals surface area contributed by atoms with E-state index in [-0.39, 0.29) is 29.5 Å². The van der Waals surface area contributed by atoms with Crippen molar-refractivity contribution in [3.63, 3.8) is 0 Å². The number of likely N-dealkylation sites (N-methyl/N-ethyl adjacent to an activating group) is 1. The molecule has 1 saturated heterocycles. The maximum Gasteiger partial charge on any atom is 0.193 e. The quantitative estimate of drug-likeness (QED) is 0.424. The highest BCUT2D eigenvalue weighted by molar-refractivity contribution is 14.0. The summed E-state index contributed by atoms with van der Waals surface area (Å²) in [4.78, 5) is 6.92. The molecule has 0 amide bonds. The van der Waals surface area contributed by atoms with E-state index in [1.54, 1.807) is 0 Å². The third-order valence-corrected chi connectivity index (χ3v) is 6.18. The summed E-state index contributed by atoms with van der Waals surface area (Å²) in [5.41, 5.74) is 10.3. The number of halogens is 1. The molecule has 3 N–H and O–H groups in total. The summed E-state index contributed by atoms with van der Waals surface area (Å²) in [6, 6.07) is 6.55. The van der Waals surface area contributed by atoms with Crippen LogP contribution in [0.15, 0.2) is 23.2 Å². The zero-order chi connectivity index (χ0) is 15.6. The van der Waals surface area contributed by atoms with Gasteiger partial charge in [-0.15, -0.1) is 24.0 Å². The van der Waals surface area contributed by atoms with Crippen molar-refractivity contribution in [2.75, 3.05) is 37.5 Å². The molecule has 1 aliphatic carbocycles. The number of hydrogen-bond acceptors (Lipinski definition) is 3. The Morgan fingerprint density at radius 2 is 2.13 bits per heavy atom. The molecule has 1 aliphatic heterocycles. The number of fused-ring (bicyclic) bond motifs is 1. The third-order valence-electron chi connectivity index (χ3n) is 4.95. The van der Waals surface area contributed by atoms with Crippen LogP contribution in [0.4, 0.5) is 5.69 Å². The summed E-state index contributed by atoms with van der Waals surface area (Å²) >= 11 is 2.01. The average Bonchev–Trinajstić information content (AvgIpc) is 3.14. The molecule has 4 nitrogen and oxygen atoms in total. The largest absolute Gasteiger partial charge is 0.370 e. The van der Waals surface area contributed by atoms with Crippen LogP contribution < -0.4 is 11.1 Å². The van der Waals surface area contributed by atoms with Crippen molar-refractivity contribution < 1.29 is 0 Å². The number of benzene rings is 1. The van der Waals surface area contributed by atoms with Crippen molar-refractivity contribution in [2.24, 2.45) is 10.7 Å². The van der Waals surface area contributed by atoms with Crippen molar-refractivity contribution in [2.45, 2.75) is 31.2 Å². The van der Waals surface area contributed by atoms with Crippen LogP contribution in [0.1, 0.15) is 24.0 Å². The molecule has 1 atom stereocenters. The first-order valence-corrected chi connectivity index (χ1v) is 9.18. The van der Waals surface area contributed by atoms with Gasteiger partial charge in [-0.05, 0) is 68.8 Å². The summed E-state index contributed by atoms with van der Waals surface area (Å²) in [5.74, 6) is 2.87. The number of nitrogens with two attached hydrogens (primary N) is 1. The van der Waals surface area contributed by atoms with Gasteiger partial charge in [-0.2, -0.15) is 11.8 Å². The lowest BCUT2D eigenvalue weighted by atomic mass is 9.98. The summed E-state index contributed by atoms with van der Waals surface area (Å²) in [5, 5.41) is 3.25. The van der Waals surface area contributed by atoms with Gasteiger partial charge in [0.2, 0.25) is 0 Å². The van der Waals surface area contributed by atoms with Crippen molar-refractivity contribution in [1.82, 2.24) is 4.90 Å². The maximum atomic E-state index is 6.10. The van der Waals surface area contributed by atoms with Crippen LogP contribution in [0.3, 0.4) is 0 Å². The Morgan fingerprint density at radius 3 is 2.83 bits per heavy atom. The van der Waals surface area contributed by atoms with Crippen LogP contribution in [0.5, 0.6) is 0 Å². The molecule has 0 radical (unpaired) electrons. The molecular weight excluding hydrogens is 419 g/mol. The van der Waals surface area contributed by atoms with E-state index in [9.17, 15) is 0 Å². The van der Waals surface area contributed by atoms with Crippen molar-refractivity contribution in [1.29, 1.82) is 0 Å². The lowest BCUT2D eigenvalue weighted by molar-refractivity contribution is 0.190. The van der Waals surface area contributed by atoms with Crippen LogP contribution in [0.25, 0.3) is 0 Å². The fourth-order valence-electron chi connectivity index (χ4n) is 3.28. The molecule has 0 aromatic heterocycles. The molecule has 0 saturated carbocycles. The van der Waals surface area contributed by atoms with Gasteiger partial charge in [0.15, 0.2) is 5.96 Å². The molecule has 1 heterocycles. The van der Waals surface area contributed by atoms with Gasteiger partial charge in [0.05, 0.1) is 6.54 Å². The van der Waals surface area contributed by atoms with E-state index in [4.69, 9.17) is 5.73 Å². The van der Waals surface area contributed by atoms with Crippen molar-refractivity contribution >= 4 is 47.4 Å². The van der Waals surface area contributed by atoms with Crippen molar-refractivity contribution in [3.8, 4) is 0 Å². The van der Waals surface area contributed by atoms with Crippen LogP contribution in [-0.2, 0) is 12.8 Å². The standard InChI is InChI=1S/C17H26N4S.HI/c1-21(2)17(8-9-22-12-17)11-19-16(18)20-15-7-6-13-4-3-5-14(13)10-15;/h6-7,10H,3-5,8-9,11-12H2,1-2H3,(H3,18,19,20);1H. The molecule has 3 rings (SSSR count). The molecule has 2 aliphatic rings. The van der Waals surface area contributed by atoms with E-state index in [0.29, 0.717) is 5.96 Å². The Kier molecular flexibility index (Phi) is 6.62. The van der Waals surface area contributed by atoms with Gasteiger partial charge in [0.25, 0.3) is 0 Å². The van der Waals surface area contributed by atoms with Crippen LogP contribution in [0, 0.1) is 0 Å². The Morgan fingerprint density at radius 1 is 1.35 bits per heavy atom. The van der Waals surface area contributed by atoms with Crippen LogP contribution in [-0.4, -0.2) is 48.5 Å². The minimum absolute atomic E-state index is 0. The first kappa shape index (κ1) is 18.9. The Bertz CT molecular complexity index is 568. The fourth-order valence-corrected chi connectivity index (χ4v) is 4.83. The predicted octanol–water partition coefficient (Wildman–Crippen LogP) is 2.96. The van der Waals surface area contributed by atoms with E-state index < -0.39 is 0 Å². The monoisotopic (exact) mass is 446 g/mol. The molecule has 23 heavy (non-hydrogen) atoms. The summed E-state index contributed by atoms with van der Waals surface area (Å²) < 4.78 is 0. The lowest BCUT2D eigenvalue weighted by Crippen LogP contribution is -2.47. The number of rotatable bonds is 4. The molecule has 1 aromatic carbocycles. The molecule has 0 spiro atoms. The lowest BCUT2D eigenvalue weighted by Gasteiger charge is -2.34. The highest BCUT2D eigenvalue weighted by Gasteiger charge is 2.36.